The van der Waals surface area contributed by atoms with Gasteiger partial charge in [0.2, 0.25) is 0 Å². The van der Waals surface area contributed by atoms with Crippen molar-refractivity contribution in [2.24, 2.45) is 0 Å². The minimum absolute atomic E-state index is 0.0349. The second-order valence-corrected chi connectivity index (χ2v) is 5.56. The van der Waals surface area contributed by atoms with Gasteiger partial charge in [-0.15, -0.1) is 0 Å². The third-order valence-electron chi connectivity index (χ3n) is 3.58. The number of rotatable bonds is 7. The number of ether oxygens (including phenoxy) is 2. The van der Waals surface area contributed by atoms with Crippen molar-refractivity contribution in [1.29, 1.82) is 0 Å². The summed E-state index contributed by atoms with van der Waals surface area (Å²) in [4.78, 5) is 8.86. The Hall–Kier alpha value is -2.30. The summed E-state index contributed by atoms with van der Waals surface area (Å²) in [6.45, 7) is 2.72. The van der Waals surface area contributed by atoms with Crippen LogP contribution < -0.4 is 14.8 Å². The Labute approximate surface area is 130 Å². The van der Waals surface area contributed by atoms with Gasteiger partial charge in [0.05, 0.1) is 13.7 Å². The largest absolute Gasteiger partial charge is 0.497 e. The Bertz CT molecular complexity index is 612. The van der Waals surface area contributed by atoms with Gasteiger partial charge in [-0.3, -0.25) is 0 Å². The van der Waals surface area contributed by atoms with E-state index in [1.54, 1.807) is 7.11 Å². The molecule has 1 heterocycles. The van der Waals surface area contributed by atoms with Crippen LogP contribution in [0.2, 0.25) is 0 Å². The molecule has 2 aromatic rings. The lowest BCUT2D eigenvalue weighted by Gasteiger charge is -2.16. The van der Waals surface area contributed by atoms with E-state index >= 15 is 0 Å². The Morgan fingerprint density at radius 3 is 2.59 bits per heavy atom. The van der Waals surface area contributed by atoms with Crippen LogP contribution >= 0.6 is 0 Å². The van der Waals surface area contributed by atoms with E-state index in [0.717, 1.165) is 23.1 Å². The van der Waals surface area contributed by atoms with Crippen molar-refractivity contribution in [3.05, 3.63) is 42.4 Å². The average Bonchev–Trinajstić information content (AvgIpc) is 3.39. The van der Waals surface area contributed by atoms with Gasteiger partial charge in [0, 0.05) is 12.1 Å². The molecule has 0 radical (unpaired) electrons. The summed E-state index contributed by atoms with van der Waals surface area (Å²) in [5, 5.41) is 3.31. The molecule has 1 aromatic carbocycles. The normalized spacial score (nSPS) is 15.2. The molecule has 22 heavy (non-hydrogen) atoms. The fraction of sp³-hybridized carbons (Fsp3) is 0.412. The highest BCUT2D eigenvalue weighted by Crippen LogP contribution is 2.38. The Morgan fingerprint density at radius 2 is 1.91 bits per heavy atom. The Kier molecular flexibility index (Phi) is 4.42. The lowest BCUT2D eigenvalue weighted by atomic mass is 10.3. The summed E-state index contributed by atoms with van der Waals surface area (Å²) in [6, 6.07) is 9.49. The van der Waals surface area contributed by atoms with Gasteiger partial charge in [-0.2, -0.15) is 0 Å². The second-order valence-electron chi connectivity index (χ2n) is 5.56. The number of anilines is 1. The van der Waals surface area contributed by atoms with Crippen LogP contribution in [0.1, 0.15) is 31.5 Å². The molecule has 1 aliphatic rings. The molecule has 0 amide bonds. The van der Waals surface area contributed by atoms with E-state index in [-0.39, 0.29) is 6.10 Å². The fourth-order valence-electron chi connectivity index (χ4n) is 2.19. The number of methoxy groups -OCH3 is 1. The maximum absolute atomic E-state index is 5.86. The molecule has 1 aliphatic carbocycles. The summed E-state index contributed by atoms with van der Waals surface area (Å²) in [5.41, 5.74) is 0. The average molecular weight is 299 g/mol. The van der Waals surface area contributed by atoms with Gasteiger partial charge in [0.1, 0.15) is 29.2 Å². The van der Waals surface area contributed by atoms with Crippen molar-refractivity contribution in [3.63, 3.8) is 0 Å². The third kappa shape index (κ3) is 3.87. The predicted octanol–water partition coefficient (Wildman–Crippen LogP) is 3.24. The van der Waals surface area contributed by atoms with Gasteiger partial charge in [-0.1, -0.05) is 0 Å². The molecule has 1 N–H and O–H groups in total. The first-order valence-corrected chi connectivity index (χ1v) is 7.62. The van der Waals surface area contributed by atoms with E-state index in [4.69, 9.17) is 9.47 Å². The van der Waals surface area contributed by atoms with E-state index in [0.29, 0.717) is 12.5 Å². The molecule has 1 atom stereocenters. The molecule has 116 valence electrons. The van der Waals surface area contributed by atoms with Crippen molar-refractivity contribution < 1.29 is 9.47 Å². The number of hydrogen-bond acceptors (Lipinski definition) is 5. The molecule has 0 bridgehead atoms. The van der Waals surface area contributed by atoms with Gasteiger partial charge < -0.3 is 14.8 Å². The lowest BCUT2D eigenvalue weighted by Crippen LogP contribution is -2.23. The van der Waals surface area contributed by atoms with Gasteiger partial charge in [0.25, 0.3) is 0 Å². The van der Waals surface area contributed by atoms with Crippen LogP contribution in [0.3, 0.4) is 0 Å². The number of nitrogens with zero attached hydrogens (tertiary/aromatic N) is 2. The second kappa shape index (κ2) is 6.64. The minimum atomic E-state index is 0.0349. The summed E-state index contributed by atoms with van der Waals surface area (Å²) < 4.78 is 11.0. The smallest absolute Gasteiger partial charge is 0.133 e. The van der Waals surface area contributed by atoms with Crippen LogP contribution in [0, 0.1) is 0 Å². The topological polar surface area (TPSA) is 56.3 Å². The molecule has 0 saturated heterocycles. The first-order valence-electron chi connectivity index (χ1n) is 7.62. The minimum Gasteiger partial charge on any atom is -0.497 e. The van der Waals surface area contributed by atoms with Gasteiger partial charge in [0.15, 0.2) is 0 Å². The van der Waals surface area contributed by atoms with Crippen LogP contribution in [-0.2, 0) is 0 Å². The van der Waals surface area contributed by atoms with Gasteiger partial charge >= 0.3 is 0 Å². The van der Waals surface area contributed by atoms with Crippen molar-refractivity contribution in [3.8, 4) is 11.5 Å². The molecular formula is C17H21N3O2. The first kappa shape index (κ1) is 14.6. The maximum Gasteiger partial charge on any atom is 0.133 e. The van der Waals surface area contributed by atoms with Crippen LogP contribution in [0.25, 0.3) is 0 Å². The third-order valence-corrected chi connectivity index (χ3v) is 3.58. The summed E-state index contributed by atoms with van der Waals surface area (Å²) in [6.07, 6.45) is 4.27. The quantitative estimate of drug-likeness (QED) is 0.850. The summed E-state index contributed by atoms with van der Waals surface area (Å²) >= 11 is 0. The van der Waals surface area contributed by atoms with Crippen molar-refractivity contribution in [1.82, 2.24) is 9.97 Å². The van der Waals surface area contributed by atoms with E-state index in [1.807, 2.05) is 43.5 Å². The van der Waals surface area contributed by atoms with Crippen molar-refractivity contribution in [2.75, 3.05) is 19.0 Å². The fourth-order valence-corrected chi connectivity index (χ4v) is 2.19. The van der Waals surface area contributed by atoms with Crippen LogP contribution in [-0.4, -0.2) is 29.7 Å². The van der Waals surface area contributed by atoms with E-state index in [9.17, 15) is 0 Å². The molecule has 5 heteroatoms. The van der Waals surface area contributed by atoms with Gasteiger partial charge in [-0.25, -0.2) is 9.97 Å². The summed E-state index contributed by atoms with van der Waals surface area (Å²) in [7, 11) is 1.65. The highest BCUT2D eigenvalue weighted by Gasteiger charge is 2.26. The lowest BCUT2D eigenvalue weighted by molar-refractivity contribution is 0.234. The molecule has 3 rings (SSSR count). The van der Waals surface area contributed by atoms with E-state index < -0.39 is 0 Å². The van der Waals surface area contributed by atoms with Crippen LogP contribution in [0.5, 0.6) is 11.5 Å². The van der Waals surface area contributed by atoms with E-state index in [2.05, 4.69) is 15.3 Å². The van der Waals surface area contributed by atoms with Crippen molar-refractivity contribution >= 4 is 5.82 Å². The zero-order valence-electron chi connectivity index (χ0n) is 13.0. The van der Waals surface area contributed by atoms with Crippen LogP contribution in [0.4, 0.5) is 5.82 Å². The zero-order valence-corrected chi connectivity index (χ0v) is 13.0. The molecule has 0 aliphatic heterocycles. The zero-order chi connectivity index (χ0) is 15.4. The molecular weight excluding hydrogens is 278 g/mol. The predicted molar refractivity (Wildman–Crippen MR) is 85.6 cm³/mol. The van der Waals surface area contributed by atoms with Crippen LogP contribution in [0.15, 0.2) is 36.5 Å². The molecule has 1 aromatic heterocycles. The Morgan fingerprint density at radius 1 is 1.18 bits per heavy atom. The Balaban J connectivity index is 1.50. The van der Waals surface area contributed by atoms with Crippen molar-refractivity contribution in [2.45, 2.75) is 31.8 Å². The SMILES string of the molecule is COc1ccc(OC(C)CNc2ccnc(C3CC3)n2)cc1. The highest BCUT2D eigenvalue weighted by molar-refractivity contribution is 5.34. The number of hydrogen-bond donors (Lipinski definition) is 1. The summed E-state index contributed by atoms with van der Waals surface area (Å²) in [5.74, 6) is 4.04. The molecule has 1 fully saturated rings. The first-order chi connectivity index (χ1) is 10.7. The monoisotopic (exact) mass is 299 g/mol. The molecule has 5 nitrogen and oxygen atoms in total. The standard InChI is InChI=1S/C17H21N3O2/c1-12(22-15-7-5-14(21-2)6-8-15)11-19-16-9-10-18-17(20-16)13-3-4-13/h5-10,12-13H,3-4,11H2,1-2H3,(H,18,19,20). The highest BCUT2D eigenvalue weighted by atomic mass is 16.5. The van der Waals surface area contributed by atoms with Gasteiger partial charge in [-0.05, 0) is 50.1 Å². The number of aromatic nitrogens is 2. The number of nitrogens with one attached hydrogen (secondary N) is 1. The molecule has 1 unspecified atom stereocenters. The molecule has 0 spiro atoms. The molecule has 1 saturated carbocycles. The maximum atomic E-state index is 5.86. The van der Waals surface area contributed by atoms with E-state index in [1.165, 1.54) is 12.8 Å². The number of benzene rings is 1.